The SMILES string of the molecule is CC(C)(C)Nc1c(-c2ccccc2)nc2sc(N3CCN(C(=O)c4ccccc4)CC3)nn12. The van der Waals surface area contributed by atoms with Crippen molar-refractivity contribution in [3.05, 3.63) is 66.2 Å². The number of rotatable bonds is 4. The summed E-state index contributed by atoms with van der Waals surface area (Å²) in [5.41, 5.74) is 2.59. The molecule has 2 aromatic carbocycles. The number of imidazole rings is 1. The molecule has 33 heavy (non-hydrogen) atoms. The molecule has 2 aromatic heterocycles. The van der Waals surface area contributed by atoms with Gasteiger partial charge in [0.2, 0.25) is 10.1 Å². The highest BCUT2D eigenvalue weighted by molar-refractivity contribution is 7.20. The average Bonchev–Trinajstić information content (AvgIpc) is 3.38. The Morgan fingerprint density at radius 2 is 1.58 bits per heavy atom. The Bertz CT molecular complexity index is 1250. The molecule has 5 rings (SSSR count). The van der Waals surface area contributed by atoms with Crippen LogP contribution in [-0.4, -0.2) is 57.1 Å². The topological polar surface area (TPSA) is 65.8 Å². The predicted molar refractivity (Wildman–Crippen MR) is 134 cm³/mol. The van der Waals surface area contributed by atoms with E-state index in [1.54, 1.807) is 11.3 Å². The van der Waals surface area contributed by atoms with Crippen molar-refractivity contribution in [2.45, 2.75) is 26.3 Å². The van der Waals surface area contributed by atoms with Gasteiger partial charge in [-0.15, -0.1) is 5.10 Å². The molecule has 0 unspecified atom stereocenters. The lowest BCUT2D eigenvalue weighted by Gasteiger charge is -2.34. The molecule has 4 aromatic rings. The van der Waals surface area contributed by atoms with E-state index in [4.69, 9.17) is 10.1 Å². The van der Waals surface area contributed by atoms with Crippen molar-refractivity contribution < 1.29 is 4.79 Å². The molecule has 0 aliphatic carbocycles. The zero-order chi connectivity index (χ0) is 23.0. The van der Waals surface area contributed by atoms with Gasteiger partial charge in [-0.25, -0.2) is 4.98 Å². The largest absolute Gasteiger partial charge is 0.364 e. The van der Waals surface area contributed by atoms with Gasteiger partial charge in [0.15, 0.2) is 5.82 Å². The summed E-state index contributed by atoms with van der Waals surface area (Å²) >= 11 is 1.59. The van der Waals surface area contributed by atoms with Crippen LogP contribution in [0.4, 0.5) is 10.9 Å². The van der Waals surface area contributed by atoms with Gasteiger partial charge in [0.25, 0.3) is 5.91 Å². The first-order chi connectivity index (χ1) is 15.9. The van der Waals surface area contributed by atoms with Gasteiger partial charge in [0, 0.05) is 42.8 Å². The van der Waals surface area contributed by atoms with Crippen LogP contribution in [-0.2, 0) is 0 Å². The fraction of sp³-hybridized carbons (Fsp3) is 0.320. The third kappa shape index (κ3) is 4.43. The van der Waals surface area contributed by atoms with Crippen LogP contribution in [0, 0.1) is 0 Å². The second kappa shape index (κ2) is 8.51. The summed E-state index contributed by atoms with van der Waals surface area (Å²) in [6, 6.07) is 19.7. The van der Waals surface area contributed by atoms with Crippen molar-refractivity contribution in [3.8, 4) is 11.3 Å². The Hall–Kier alpha value is -3.39. The second-order valence-electron chi connectivity index (χ2n) is 9.27. The minimum atomic E-state index is -0.132. The quantitative estimate of drug-likeness (QED) is 0.481. The van der Waals surface area contributed by atoms with Gasteiger partial charge in [0.05, 0.1) is 0 Å². The maximum Gasteiger partial charge on any atom is 0.253 e. The Morgan fingerprint density at radius 1 is 0.939 bits per heavy atom. The molecule has 0 saturated carbocycles. The monoisotopic (exact) mass is 460 g/mol. The molecular formula is C25H28N6OS. The lowest BCUT2D eigenvalue weighted by atomic mass is 10.1. The van der Waals surface area contributed by atoms with Crippen LogP contribution < -0.4 is 10.2 Å². The highest BCUT2D eigenvalue weighted by Crippen LogP contribution is 2.35. The Kier molecular flexibility index (Phi) is 5.54. The summed E-state index contributed by atoms with van der Waals surface area (Å²) in [6.07, 6.45) is 0. The van der Waals surface area contributed by atoms with Crippen LogP contribution in [0.15, 0.2) is 60.7 Å². The number of carbonyl (C=O) groups is 1. The number of hydrogen-bond acceptors (Lipinski definition) is 6. The number of nitrogens with one attached hydrogen (secondary N) is 1. The standard InChI is InChI=1S/C25H28N6OS/c1-25(2,3)27-21-20(18-10-6-4-7-11-18)26-23-31(21)28-24(33-23)30-16-14-29(15-17-30)22(32)19-12-8-5-9-13-19/h4-13,27H,14-17H2,1-3H3. The molecule has 0 bridgehead atoms. The van der Waals surface area contributed by atoms with Gasteiger partial charge in [-0.1, -0.05) is 59.9 Å². The number of hydrogen-bond donors (Lipinski definition) is 1. The summed E-state index contributed by atoms with van der Waals surface area (Å²) in [7, 11) is 0. The summed E-state index contributed by atoms with van der Waals surface area (Å²) in [5, 5.41) is 9.46. The number of benzene rings is 2. The first kappa shape index (κ1) is 21.5. The van der Waals surface area contributed by atoms with E-state index in [0.717, 1.165) is 45.8 Å². The molecule has 170 valence electrons. The normalized spacial score (nSPS) is 14.6. The van der Waals surface area contributed by atoms with E-state index >= 15 is 0 Å². The number of amides is 1. The number of aromatic nitrogens is 3. The van der Waals surface area contributed by atoms with E-state index in [0.29, 0.717) is 13.1 Å². The van der Waals surface area contributed by atoms with Crippen LogP contribution in [0.2, 0.25) is 0 Å². The van der Waals surface area contributed by atoms with E-state index in [9.17, 15) is 4.79 Å². The van der Waals surface area contributed by atoms with Crippen LogP contribution in [0.5, 0.6) is 0 Å². The smallest absolute Gasteiger partial charge is 0.253 e. The Labute approximate surface area is 197 Å². The minimum Gasteiger partial charge on any atom is -0.364 e. The molecule has 1 fully saturated rings. The Balaban J connectivity index is 1.38. The number of carbonyl (C=O) groups excluding carboxylic acids is 1. The van der Waals surface area contributed by atoms with E-state index < -0.39 is 0 Å². The minimum absolute atomic E-state index is 0.0911. The van der Waals surface area contributed by atoms with Crippen molar-refractivity contribution in [2.75, 3.05) is 36.4 Å². The first-order valence-electron chi connectivity index (χ1n) is 11.2. The highest BCUT2D eigenvalue weighted by Gasteiger charge is 2.26. The summed E-state index contributed by atoms with van der Waals surface area (Å²) < 4.78 is 1.93. The Morgan fingerprint density at radius 3 is 2.21 bits per heavy atom. The lowest BCUT2D eigenvalue weighted by Crippen LogP contribution is -2.48. The van der Waals surface area contributed by atoms with E-state index in [-0.39, 0.29) is 11.4 Å². The van der Waals surface area contributed by atoms with Crippen molar-refractivity contribution >= 4 is 33.2 Å². The molecule has 1 amide bonds. The second-order valence-corrected chi connectivity index (χ2v) is 10.2. The summed E-state index contributed by atoms with van der Waals surface area (Å²) in [5.74, 6) is 0.998. The van der Waals surface area contributed by atoms with Crippen LogP contribution >= 0.6 is 11.3 Å². The number of nitrogens with zero attached hydrogens (tertiary/aromatic N) is 5. The van der Waals surface area contributed by atoms with Gasteiger partial charge < -0.3 is 15.1 Å². The average molecular weight is 461 g/mol. The highest BCUT2D eigenvalue weighted by atomic mass is 32.1. The van der Waals surface area contributed by atoms with Gasteiger partial charge in [-0.2, -0.15) is 4.52 Å². The third-order valence-electron chi connectivity index (χ3n) is 5.59. The van der Waals surface area contributed by atoms with Gasteiger partial charge in [-0.05, 0) is 32.9 Å². The van der Waals surface area contributed by atoms with Crippen LogP contribution in [0.3, 0.4) is 0 Å². The fourth-order valence-electron chi connectivity index (χ4n) is 3.99. The summed E-state index contributed by atoms with van der Waals surface area (Å²) in [6.45, 7) is 9.27. The maximum atomic E-state index is 12.8. The number of fused-ring (bicyclic) bond motifs is 1. The number of anilines is 2. The van der Waals surface area contributed by atoms with Crippen LogP contribution in [0.25, 0.3) is 16.2 Å². The van der Waals surface area contributed by atoms with E-state index in [1.807, 2.05) is 57.9 Å². The lowest BCUT2D eigenvalue weighted by molar-refractivity contribution is 0.0746. The zero-order valence-corrected chi connectivity index (χ0v) is 20.0. The van der Waals surface area contributed by atoms with Crippen molar-refractivity contribution in [3.63, 3.8) is 0 Å². The van der Waals surface area contributed by atoms with Crippen LogP contribution in [0.1, 0.15) is 31.1 Å². The van der Waals surface area contributed by atoms with Gasteiger partial charge in [0.1, 0.15) is 5.69 Å². The zero-order valence-electron chi connectivity index (χ0n) is 19.2. The fourth-order valence-corrected chi connectivity index (χ4v) is 4.95. The first-order valence-corrected chi connectivity index (χ1v) is 12.0. The van der Waals surface area contributed by atoms with Gasteiger partial charge in [-0.3, -0.25) is 4.79 Å². The van der Waals surface area contributed by atoms with Crippen molar-refractivity contribution in [1.29, 1.82) is 0 Å². The number of piperazine rings is 1. The predicted octanol–water partition coefficient (Wildman–Crippen LogP) is 4.63. The molecule has 0 spiro atoms. The van der Waals surface area contributed by atoms with E-state index in [2.05, 4.69) is 43.1 Å². The summed E-state index contributed by atoms with van der Waals surface area (Å²) in [4.78, 5) is 22.7. The van der Waals surface area contributed by atoms with Crippen molar-refractivity contribution in [1.82, 2.24) is 19.5 Å². The molecule has 8 heteroatoms. The molecule has 1 N–H and O–H groups in total. The molecule has 0 atom stereocenters. The molecular weight excluding hydrogens is 432 g/mol. The van der Waals surface area contributed by atoms with E-state index in [1.165, 1.54) is 0 Å². The van der Waals surface area contributed by atoms with Crippen molar-refractivity contribution in [2.24, 2.45) is 0 Å². The van der Waals surface area contributed by atoms with Gasteiger partial charge >= 0.3 is 0 Å². The molecule has 0 radical (unpaired) electrons. The molecule has 1 saturated heterocycles. The molecule has 1 aliphatic heterocycles. The molecule has 7 nitrogen and oxygen atoms in total. The molecule has 1 aliphatic rings. The third-order valence-corrected chi connectivity index (χ3v) is 6.56. The molecule has 3 heterocycles. The maximum absolute atomic E-state index is 12.8.